The highest BCUT2D eigenvalue weighted by atomic mass is 32.2. The fourth-order valence-corrected chi connectivity index (χ4v) is 5.94. The van der Waals surface area contributed by atoms with Gasteiger partial charge in [-0.25, -0.2) is 0 Å². The quantitative estimate of drug-likeness (QED) is 0.808. The second kappa shape index (κ2) is 7.53. The summed E-state index contributed by atoms with van der Waals surface area (Å²) in [6.45, 7) is 8.46. The van der Waals surface area contributed by atoms with E-state index < -0.39 is 0 Å². The van der Waals surface area contributed by atoms with Crippen LogP contribution in [0.1, 0.15) is 40.7 Å². The molecule has 1 aromatic carbocycles. The maximum atomic E-state index is 12.8. The number of thioether (sulfide) groups is 1. The van der Waals surface area contributed by atoms with E-state index in [0.29, 0.717) is 12.0 Å². The van der Waals surface area contributed by atoms with Crippen molar-refractivity contribution < 1.29 is 14.3 Å². The van der Waals surface area contributed by atoms with Gasteiger partial charge in [0.25, 0.3) is 5.91 Å². The zero-order valence-corrected chi connectivity index (χ0v) is 16.6. The van der Waals surface area contributed by atoms with Crippen LogP contribution in [0.15, 0.2) is 18.2 Å². The van der Waals surface area contributed by atoms with Gasteiger partial charge in [0.2, 0.25) is 0 Å². The summed E-state index contributed by atoms with van der Waals surface area (Å²) >= 11 is 2.01. The molecule has 3 saturated heterocycles. The van der Waals surface area contributed by atoms with Crippen LogP contribution in [-0.2, 0) is 9.47 Å². The van der Waals surface area contributed by atoms with Crippen LogP contribution in [-0.4, -0.2) is 60.3 Å². The zero-order chi connectivity index (χ0) is 18.1. The number of amides is 1. The van der Waals surface area contributed by atoms with Crippen LogP contribution in [0.4, 0.5) is 0 Å². The van der Waals surface area contributed by atoms with Crippen molar-refractivity contribution >= 4 is 17.7 Å². The summed E-state index contributed by atoms with van der Waals surface area (Å²) in [5, 5.41) is 0. The first-order valence-electron chi connectivity index (χ1n) is 9.74. The van der Waals surface area contributed by atoms with Crippen LogP contribution in [0.25, 0.3) is 0 Å². The molecule has 0 bridgehead atoms. The molecule has 3 heterocycles. The molecule has 1 atom stereocenters. The van der Waals surface area contributed by atoms with Gasteiger partial charge in [-0.1, -0.05) is 17.2 Å². The minimum atomic E-state index is 0.176. The van der Waals surface area contributed by atoms with Gasteiger partial charge in [0.15, 0.2) is 0 Å². The molecule has 1 unspecified atom stereocenters. The zero-order valence-electron chi connectivity index (χ0n) is 15.8. The van der Waals surface area contributed by atoms with Crippen LogP contribution in [0.5, 0.6) is 0 Å². The molecule has 0 aromatic heterocycles. The van der Waals surface area contributed by atoms with Gasteiger partial charge in [0, 0.05) is 44.2 Å². The summed E-state index contributed by atoms with van der Waals surface area (Å²) in [4.78, 5) is 14.8. The Morgan fingerprint density at radius 2 is 1.92 bits per heavy atom. The lowest BCUT2D eigenvalue weighted by atomic mass is 9.91. The monoisotopic (exact) mass is 375 g/mol. The number of nitrogens with zero attached hydrogens (tertiary/aromatic N) is 1. The molecule has 1 amide bonds. The number of rotatable bonds is 4. The van der Waals surface area contributed by atoms with Gasteiger partial charge >= 0.3 is 0 Å². The fraction of sp³-hybridized carbons (Fsp3) is 0.667. The van der Waals surface area contributed by atoms with Crippen molar-refractivity contribution in [2.75, 3.05) is 38.7 Å². The van der Waals surface area contributed by atoms with Gasteiger partial charge in [-0.3, -0.25) is 4.79 Å². The van der Waals surface area contributed by atoms with Gasteiger partial charge in [0.1, 0.15) is 0 Å². The number of hydrogen-bond donors (Lipinski definition) is 0. The van der Waals surface area contributed by atoms with Gasteiger partial charge in [0.05, 0.1) is 10.9 Å². The summed E-state index contributed by atoms with van der Waals surface area (Å²) in [7, 11) is 0. The Hall–Kier alpha value is -1.04. The molecule has 4 rings (SSSR count). The van der Waals surface area contributed by atoms with Crippen molar-refractivity contribution in [1.29, 1.82) is 0 Å². The smallest absolute Gasteiger partial charge is 0.253 e. The summed E-state index contributed by atoms with van der Waals surface area (Å²) in [5.74, 6) is 1.90. The number of hydrogen-bond acceptors (Lipinski definition) is 4. The van der Waals surface area contributed by atoms with Crippen LogP contribution >= 0.6 is 11.8 Å². The molecular formula is C21H29NO3S. The number of carbonyl (C=O) groups excluding carboxylic acids is 1. The second-order valence-corrected chi connectivity index (χ2v) is 9.73. The number of likely N-dealkylation sites (tertiary alicyclic amines) is 1. The molecule has 4 nitrogen and oxygen atoms in total. The fourth-order valence-electron chi connectivity index (χ4n) is 4.39. The largest absolute Gasteiger partial charge is 0.381 e. The molecule has 5 heteroatoms. The average Bonchev–Trinajstić information content (AvgIpc) is 3.03. The van der Waals surface area contributed by atoms with Gasteiger partial charge in [-0.05, 0) is 51.2 Å². The molecule has 0 saturated carbocycles. The highest BCUT2D eigenvalue weighted by Crippen LogP contribution is 2.46. The van der Waals surface area contributed by atoms with Crippen molar-refractivity contribution in [1.82, 2.24) is 4.90 Å². The molecule has 0 N–H and O–H groups in total. The Kier molecular flexibility index (Phi) is 5.31. The molecule has 0 radical (unpaired) electrons. The van der Waals surface area contributed by atoms with E-state index in [-0.39, 0.29) is 10.7 Å². The number of carbonyl (C=O) groups is 1. The summed E-state index contributed by atoms with van der Waals surface area (Å²) in [5.41, 5.74) is 3.13. The lowest BCUT2D eigenvalue weighted by Gasteiger charge is -2.47. The van der Waals surface area contributed by atoms with E-state index in [4.69, 9.17) is 9.47 Å². The van der Waals surface area contributed by atoms with E-state index in [1.807, 2.05) is 28.8 Å². The minimum absolute atomic E-state index is 0.176. The molecule has 142 valence electrons. The van der Waals surface area contributed by atoms with Gasteiger partial charge in [-0.15, -0.1) is 11.8 Å². The summed E-state index contributed by atoms with van der Waals surface area (Å²) in [6.07, 6.45) is 3.69. The van der Waals surface area contributed by atoms with Crippen molar-refractivity contribution in [2.45, 2.75) is 44.0 Å². The molecular weight excluding hydrogens is 346 g/mol. The number of benzene rings is 1. The van der Waals surface area contributed by atoms with E-state index in [2.05, 4.69) is 19.9 Å². The van der Waals surface area contributed by atoms with Crippen molar-refractivity contribution in [3.05, 3.63) is 34.9 Å². The van der Waals surface area contributed by atoms with Crippen LogP contribution in [0, 0.1) is 19.8 Å². The first kappa shape index (κ1) is 18.3. The van der Waals surface area contributed by atoms with Crippen LogP contribution < -0.4 is 0 Å². The standard InChI is InChI=1S/C21H29NO3S/c1-15-7-16(2)9-18(8-15)20(23)22-13-21(14-22)10-19(12-26-21)25-11-17-3-5-24-6-4-17/h7-9,17,19H,3-6,10-14H2,1-2H3. The SMILES string of the molecule is Cc1cc(C)cc(C(=O)N2CC3(CC(OCC4CCOCC4)CS3)C2)c1. The first-order chi connectivity index (χ1) is 12.5. The van der Waals surface area contributed by atoms with Crippen molar-refractivity contribution in [2.24, 2.45) is 5.92 Å². The van der Waals surface area contributed by atoms with Gasteiger partial charge in [-0.2, -0.15) is 0 Å². The normalized spacial score (nSPS) is 25.5. The van der Waals surface area contributed by atoms with E-state index >= 15 is 0 Å². The Balaban J connectivity index is 1.26. The summed E-state index contributed by atoms with van der Waals surface area (Å²) in [6, 6.07) is 6.12. The topological polar surface area (TPSA) is 38.8 Å². The van der Waals surface area contributed by atoms with Crippen LogP contribution in [0.2, 0.25) is 0 Å². The Morgan fingerprint density at radius 1 is 1.23 bits per heavy atom. The van der Waals surface area contributed by atoms with Crippen LogP contribution in [0.3, 0.4) is 0 Å². The molecule has 0 aliphatic carbocycles. The third-order valence-corrected chi connectivity index (χ3v) is 7.37. The maximum Gasteiger partial charge on any atom is 0.253 e. The average molecular weight is 376 g/mol. The van der Waals surface area contributed by atoms with Crippen molar-refractivity contribution in [3.63, 3.8) is 0 Å². The van der Waals surface area contributed by atoms with Gasteiger partial charge < -0.3 is 14.4 Å². The first-order valence-corrected chi connectivity index (χ1v) is 10.7. The Bertz CT molecular complexity index is 645. The van der Waals surface area contributed by atoms with E-state index in [1.54, 1.807) is 0 Å². The number of aryl methyl sites for hydroxylation is 2. The lowest BCUT2D eigenvalue weighted by molar-refractivity contribution is -0.0118. The Labute approximate surface area is 160 Å². The third-order valence-electron chi connectivity index (χ3n) is 5.80. The minimum Gasteiger partial charge on any atom is -0.381 e. The highest BCUT2D eigenvalue weighted by molar-refractivity contribution is 8.01. The predicted octanol–water partition coefficient (Wildman–Crippen LogP) is 3.45. The second-order valence-electron chi connectivity index (χ2n) is 8.25. The predicted molar refractivity (Wildman–Crippen MR) is 105 cm³/mol. The highest BCUT2D eigenvalue weighted by Gasteiger charge is 2.51. The third kappa shape index (κ3) is 3.95. The number of ether oxygens (including phenoxy) is 2. The molecule has 1 aromatic rings. The van der Waals surface area contributed by atoms with Crippen molar-refractivity contribution in [3.8, 4) is 0 Å². The Morgan fingerprint density at radius 3 is 2.62 bits per heavy atom. The van der Waals surface area contributed by atoms with E-state index in [0.717, 1.165) is 74.6 Å². The molecule has 1 spiro atoms. The van der Waals surface area contributed by atoms with E-state index in [9.17, 15) is 4.79 Å². The molecule has 3 fully saturated rings. The molecule has 3 aliphatic heterocycles. The lowest BCUT2D eigenvalue weighted by Crippen LogP contribution is -2.60. The molecule has 26 heavy (non-hydrogen) atoms. The maximum absolute atomic E-state index is 12.8. The molecule has 3 aliphatic rings. The summed E-state index contributed by atoms with van der Waals surface area (Å²) < 4.78 is 11.9. The van der Waals surface area contributed by atoms with E-state index in [1.165, 1.54) is 0 Å².